The molecule has 0 bridgehead atoms. The van der Waals surface area contributed by atoms with Gasteiger partial charge in [0.15, 0.2) is 0 Å². The van der Waals surface area contributed by atoms with Crippen LogP contribution in [-0.2, 0) is 11.2 Å². The van der Waals surface area contributed by atoms with Gasteiger partial charge in [-0.05, 0) is 60.3 Å². The van der Waals surface area contributed by atoms with Gasteiger partial charge in [0.05, 0.1) is 7.11 Å². The van der Waals surface area contributed by atoms with Crippen molar-refractivity contribution in [3.05, 3.63) is 29.3 Å². The van der Waals surface area contributed by atoms with Crippen LogP contribution in [0, 0.1) is 5.41 Å². The van der Waals surface area contributed by atoms with E-state index >= 15 is 0 Å². The van der Waals surface area contributed by atoms with Crippen molar-refractivity contribution in [3.63, 3.8) is 0 Å². The fourth-order valence-corrected chi connectivity index (χ4v) is 4.16. The molecule has 1 aromatic carbocycles. The van der Waals surface area contributed by atoms with Crippen molar-refractivity contribution in [1.29, 1.82) is 0 Å². The molecule has 140 valence electrons. The summed E-state index contributed by atoms with van der Waals surface area (Å²) in [6.07, 6.45) is 4.85. The Kier molecular flexibility index (Phi) is 6.39. The molecule has 0 radical (unpaired) electrons. The highest BCUT2D eigenvalue weighted by molar-refractivity contribution is 5.85. The molecule has 5 heteroatoms. The van der Waals surface area contributed by atoms with Crippen molar-refractivity contribution in [2.24, 2.45) is 11.1 Å². The first-order valence-electron chi connectivity index (χ1n) is 9.11. The van der Waals surface area contributed by atoms with E-state index in [9.17, 15) is 4.79 Å². The number of aryl methyl sites for hydroxylation is 1. The number of hydrogen-bond acceptors (Lipinski definition) is 3. The summed E-state index contributed by atoms with van der Waals surface area (Å²) in [6.45, 7) is 5.90. The average molecular weight is 367 g/mol. The van der Waals surface area contributed by atoms with E-state index < -0.39 is 0 Å². The van der Waals surface area contributed by atoms with Crippen molar-refractivity contribution in [2.75, 3.05) is 20.2 Å². The zero-order chi connectivity index (χ0) is 17.3. The van der Waals surface area contributed by atoms with Gasteiger partial charge < -0.3 is 15.4 Å². The van der Waals surface area contributed by atoms with Gasteiger partial charge in [-0.25, -0.2) is 0 Å². The van der Waals surface area contributed by atoms with Crippen molar-refractivity contribution < 1.29 is 9.53 Å². The molecule has 1 saturated heterocycles. The van der Waals surface area contributed by atoms with Gasteiger partial charge in [-0.2, -0.15) is 0 Å². The standard InChI is InChI=1S/C20H30N2O2.ClH/c1-20(2)13-22(10-9-18(20)21)19(23)12-15-6-4-5-14-11-16(24-3)7-8-17(14)15;/h7-8,11,15,18H,4-6,9-10,12-13,21H2,1-3H3;1H. The lowest BCUT2D eigenvalue weighted by molar-refractivity contribution is -0.135. The van der Waals surface area contributed by atoms with E-state index in [4.69, 9.17) is 10.5 Å². The number of carbonyl (C=O) groups excluding carboxylic acids is 1. The van der Waals surface area contributed by atoms with Crippen molar-refractivity contribution in [2.45, 2.75) is 57.9 Å². The van der Waals surface area contributed by atoms with Crippen molar-refractivity contribution >= 4 is 18.3 Å². The molecule has 2 N–H and O–H groups in total. The number of methoxy groups -OCH3 is 1. The normalized spacial score (nSPS) is 24.9. The number of rotatable bonds is 3. The highest BCUT2D eigenvalue weighted by Gasteiger charge is 2.36. The molecule has 1 aliphatic carbocycles. The van der Waals surface area contributed by atoms with E-state index in [0.717, 1.165) is 44.5 Å². The molecule has 1 fully saturated rings. The fourth-order valence-electron chi connectivity index (χ4n) is 4.16. The molecule has 0 aromatic heterocycles. The Morgan fingerprint density at radius 1 is 1.36 bits per heavy atom. The third-order valence-electron chi connectivity index (χ3n) is 5.87. The van der Waals surface area contributed by atoms with E-state index in [1.54, 1.807) is 7.11 Å². The quantitative estimate of drug-likeness (QED) is 0.890. The molecule has 2 atom stereocenters. The largest absolute Gasteiger partial charge is 0.497 e. The Morgan fingerprint density at radius 2 is 2.12 bits per heavy atom. The number of carbonyl (C=O) groups is 1. The lowest BCUT2D eigenvalue weighted by Gasteiger charge is -2.43. The van der Waals surface area contributed by atoms with Gasteiger partial charge in [-0.1, -0.05) is 19.9 Å². The first kappa shape index (κ1) is 20.1. The number of amides is 1. The molecule has 0 spiro atoms. The first-order chi connectivity index (χ1) is 11.4. The Labute approximate surface area is 157 Å². The molecular weight excluding hydrogens is 336 g/mol. The van der Waals surface area contributed by atoms with Gasteiger partial charge >= 0.3 is 0 Å². The summed E-state index contributed by atoms with van der Waals surface area (Å²) in [5.74, 6) is 1.53. The van der Waals surface area contributed by atoms with E-state index in [1.165, 1.54) is 11.1 Å². The molecule has 1 heterocycles. The number of nitrogens with two attached hydrogens (primary N) is 1. The highest BCUT2D eigenvalue weighted by Crippen LogP contribution is 2.37. The minimum atomic E-state index is 0. The number of likely N-dealkylation sites (tertiary alicyclic amines) is 1. The van der Waals surface area contributed by atoms with Crippen molar-refractivity contribution in [3.8, 4) is 5.75 Å². The SMILES string of the molecule is COc1ccc2c(c1)CCCC2CC(=O)N1CCC(N)C(C)(C)C1.Cl. The second-order valence-corrected chi connectivity index (χ2v) is 8.06. The maximum absolute atomic E-state index is 12.9. The van der Waals surface area contributed by atoms with Crippen LogP contribution in [0.5, 0.6) is 5.75 Å². The van der Waals surface area contributed by atoms with E-state index in [-0.39, 0.29) is 29.8 Å². The van der Waals surface area contributed by atoms with Crippen LogP contribution in [0.2, 0.25) is 0 Å². The molecule has 3 rings (SSSR count). The summed E-state index contributed by atoms with van der Waals surface area (Å²) in [7, 11) is 1.70. The van der Waals surface area contributed by atoms with Crippen LogP contribution < -0.4 is 10.5 Å². The van der Waals surface area contributed by atoms with Crippen LogP contribution in [-0.4, -0.2) is 37.0 Å². The van der Waals surface area contributed by atoms with Gasteiger partial charge in [0, 0.05) is 25.6 Å². The highest BCUT2D eigenvalue weighted by atomic mass is 35.5. The third kappa shape index (κ3) is 4.29. The Hall–Kier alpha value is -1.26. The van der Waals surface area contributed by atoms with Gasteiger partial charge in [0.1, 0.15) is 5.75 Å². The smallest absolute Gasteiger partial charge is 0.223 e. The third-order valence-corrected chi connectivity index (χ3v) is 5.87. The van der Waals surface area contributed by atoms with E-state index in [0.29, 0.717) is 12.3 Å². The Balaban J connectivity index is 0.00000225. The molecule has 25 heavy (non-hydrogen) atoms. The zero-order valence-corrected chi connectivity index (χ0v) is 16.4. The summed E-state index contributed by atoms with van der Waals surface area (Å²) in [5, 5.41) is 0. The molecule has 0 saturated carbocycles. The average Bonchev–Trinajstić information content (AvgIpc) is 2.57. The van der Waals surface area contributed by atoms with Crippen LogP contribution in [0.1, 0.15) is 56.6 Å². The molecule has 1 aliphatic heterocycles. The van der Waals surface area contributed by atoms with Crippen LogP contribution in [0.15, 0.2) is 18.2 Å². The summed E-state index contributed by atoms with van der Waals surface area (Å²) >= 11 is 0. The predicted octanol–water partition coefficient (Wildman–Crippen LogP) is 3.51. The molecule has 2 unspecified atom stereocenters. The summed E-state index contributed by atoms with van der Waals surface area (Å²) in [5.41, 5.74) is 8.89. The Morgan fingerprint density at radius 3 is 2.80 bits per heavy atom. The molecule has 1 aromatic rings. The number of ether oxygens (including phenoxy) is 1. The molecule has 4 nitrogen and oxygen atoms in total. The minimum absolute atomic E-state index is 0. The monoisotopic (exact) mass is 366 g/mol. The van der Waals surface area contributed by atoms with Gasteiger partial charge in [0.25, 0.3) is 0 Å². The number of halogens is 1. The number of hydrogen-bond donors (Lipinski definition) is 1. The van der Waals surface area contributed by atoms with Crippen LogP contribution in [0.3, 0.4) is 0 Å². The number of fused-ring (bicyclic) bond motifs is 1. The summed E-state index contributed by atoms with van der Waals surface area (Å²) in [6, 6.07) is 6.49. The van der Waals surface area contributed by atoms with Crippen LogP contribution in [0.25, 0.3) is 0 Å². The molecule has 1 amide bonds. The number of piperidine rings is 1. The lowest BCUT2D eigenvalue weighted by Crippen LogP contribution is -2.54. The minimum Gasteiger partial charge on any atom is -0.497 e. The van der Waals surface area contributed by atoms with Crippen LogP contribution in [0.4, 0.5) is 0 Å². The zero-order valence-electron chi connectivity index (χ0n) is 15.6. The number of benzene rings is 1. The van der Waals surface area contributed by atoms with Crippen LogP contribution >= 0.6 is 12.4 Å². The lowest BCUT2D eigenvalue weighted by atomic mass is 9.78. The Bertz CT molecular complexity index is 618. The molecular formula is C20H31ClN2O2. The number of nitrogens with zero attached hydrogens (tertiary/aromatic N) is 1. The fraction of sp³-hybridized carbons (Fsp3) is 0.650. The van der Waals surface area contributed by atoms with Gasteiger partial charge in [-0.15, -0.1) is 12.4 Å². The maximum atomic E-state index is 12.9. The molecule has 2 aliphatic rings. The second-order valence-electron chi connectivity index (χ2n) is 8.06. The van der Waals surface area contributed by atoms with Crippen molar-refractivity contribution in [1.82, 2.24) is 4.90 Å². The summed E-state index contributed by atoms with van der Waals surface area (Å²) in [4.78, 5) is 14.9. The maximum Gasteiger partial charge on any atom is 0.223 e. The van der Waals surface area contributed by atoms with E-state index in [2.05, 4.69) is 26.0 Å². The topological polar surface area (TPSA) is 55.6 Å². The van der Waals surface area contributed by atoms with E-state index in [1.807, 2.05) is 11.0 Å². The van der Waals surface area contributed by atoms with Gasteiger partial charge in [-0.3, -0.25) is 4.79 Å². The van der Waals surface area contributed by atoms with Gasteiger partial charge in [0.2, 0.25) is 5.91 Å². The first-order valence-corrected chi connectivity index (χ1v) is 9.11. The second kappa shape index (κ2) is 7.96. The predicted molar refractivity (Wildman–Crippen MR) is 103 cm³/mol. The summed E-state index contributed by atoms with van der Waals surface area (Å²) < 4.78 is 5.34.